The zero-order chi connectivity index (χ0) is 14.9. The summed E-state index contributed by atoms with van der Waals surface area (Å²) in [7, 11) is 0. The Morgan fingerprint density at radius 2 is 1.86 bits per heavy atom. The van der Waals surface area contributed by atoms with Crippen LogP contribution in [0.25, 0.3) is 0 Å². The van der Waals surface area contributed by atoms with Crippen LogP contribution >= 0.6 is 12.4 Å². The van der Waals surface area contributed by atoms with Crippen molar-refractivity contribution in [3.8, 4) is 0 Å². The fraction of sp³-hybridized carbons (Fsp3) is 0.250. The Kier molecular flexibility index (Phi) is 7.96. The zero-order valence-electron chi connectivity index (χ0n) is 12.3. The second-order valence-corrected chi connectivity index (χ2v) is 4.65. The third kappa shape index (κ3) is 5.71. The molecule has 5 nitrogen and oxygen atoms in total. The number of rotatable bonds is 7. The van der Waals surface area contributed by atoms with Crippen molar-refractivity contribution in [3.63, 3.8) is 0 Å². The summed E-state index contributed by atoms with van der Waals surface area (Å²) in [5, 5.41) is 6.09. The van der Waals surface area contributed by atoms with Crippen LogP contribution in [0.4, 0.5) is 5.82 Å². The van der Waals surface area contributed by atoms with E-state index in [0.29, 0.717) is 18.7 Å². The van der Waals surface area contributed by atoms with Gasteiger partial charge in [0.15, 0.2) is 0 Å². The van der Waals surface area contributed by atoms with Gasteiger partial charge < -0.3 is 16.4 Å². The van der Waals surface area contributed by atoms with E-state index in [1.807, 2.05) is 30.3 Å². The lowest BCUT2D eigenvalue weighted by Crippen LogP contribution is -2.25. The van der Waals surface area contributed by atoms with Crippen LogP contribution in [0.1, 0.15) is 22.3 Å². The lowest BCUT2D eigenvalue weighted by atomic mass is 10.1. The number of pyridine rings is 1. The topological polar surface area (TPSA) is 80.0 Å². The van der Waals surface area contributed by atoms with Crippen LogP contribution < -0.4 is 16.4 Å². The first-order chi connectivity index (χ1) is 10.3. The second-order valence-electron chi connectivity index (χ2n) is 4.65. The molecule has 1 heterocycles. The quantitative estimate of drug-likeness (QED) is 0.683. The number of anilines is 1. The predicted molar refractivity (Wildman–Crippen MR) is 91.3 cm³/mol. The van der Waals surface area contributed by atoms with E-state index in [9.17, 15) is 4.79 Å². The second kappa shape index (κ2) is 9.76. The molecule has 0 fully saturated rings. The highest BCUT2D eigenvalue weighted by Gasteiger charge is 2.03. The number of hydrogen-bond donors (Lipinski definition) is 3. The Labute approximate surface area is 136 Å². The van der Waals surface area contributed by atoms with Gasteiger partial charge in [-0.1, -0.05) is 18.2 Å². The smallest absolute Gasteiger partial charge is 0.251 e. The minimum atomic E-state index is -0.0589. The van der Waals surface area contributed by atoms with Crippen LogP contribution in [-0.2, 0) is 6.54 Å². The van der Waals surface area contributed by atoms with Gasteiger partial charge in [-0.2, -0.15) is 0 Å². The van der Waals surface area contributed by atoms with Crippen molar-refractivity contribution in [2.24, 2.45) is 5.73 Å². The Morgan fingerprint density at radius 1 is 1.09 bits per heavy atom. The molecule has 2 rings (SSSR count). The molecule has 1 aromatic heterocycles. The van der Waals surface area contributed by atoms with Crippen LogP contribution in [0, 0.1) is 0 Å². The summed E-state index contributed by atoms with van der Waals surface area (Å²) in [5.41, 5.74) is 7.20. The molecule has 0 radical (unpaired) electrons. The Morgan fingerprint density at radius 3 is 2.50 bits per heavy atom. The molecular weight excluding hydrogens is 300 g/mol. The molecular formula is C16H21ClN4O. The van der Waals surface area contributed by atoms with Crippen LogP contribution in [0.3, 0.4) is 0 Å². The van der Waals surface area contributed by atoms with Crippen molar-refractivity contribution in [3.05, 3.63) is 59.8 Å². The van der Waals surface area contributed by atoms with Crippen molar-refractivity contribution < 1.29 is 4.79 Å². The monoisotopic (exact) mass is 320 g/mol. The van der Waals surface area contributed by atoms with E-state index < -0.39 is 0 Å². The Hall–Kier alpha value is -2.11. The fourth-order valence-electron chi connectivity index (χ4n) is 1.87. The van der Waals surface area contributed by atoms with E-state index in [-0.39, 0.29) is 18.3 Å². The molecule has 0 unspecified atom stereocenters. The van der Waals surface area contributed by atoms with Gasteiger partial charge >= 0.3 is 0 Å². The number of nitrogens with zero attached hydrogens (tertiary/aromatic N) is 1. The fourth-order valence-corrected chi connectivity index (χ4v) is 1.87. The first-order valence-corrected chi connectivity index (χ1v) is 7.01. The molecule has 0 aliphatic carbocycles. The number of benzene rings is 1. The minimum Gasteiger partial charge on any atom is -0.370 e. The van der Waals surface area contributed by atoms with Crippen LogP contribution in [0.2, 0.25) is 0 Å². The summed E-state index contributed by atoms with van der Waals surface area (Å²) in [6.45, 7) is 1.88. The molecule has 0 atom stereocenters. The number of nitrogens with two attached hydrogens (primary N) is 1. The van der Waals surface area contributed by atoms with Gasteiger partial charge in [0.2, 0.25) is 0 Å². The SMILES string of the molecule is Cl.NCc1ccc(C(=O)NCCCNc2ccccn2)cc1. The Balaban J connectivity index is 0.00000242. The lowest BCUT2D eigenvalue weighted by molar-refractivity contribution is 0.0953. The molecule has 0 bridgehead atoms. The zero-order valence-corrected chi connectivity index (χ0v) is 13.1. The molecule has 22 heavy (non-hydrogen) atoms. The predicted octanol–water partition coefficient (Wildman–Crippen LogP) is 2.19. The van der Waals surface area contributed by atoms with E-state index in [2.05, 4.69) is 15.6 Å². The average Bonchev–Trinajstić information content (AvgIpc) is 2.55. The molecule has 118 valence electrons. The average molecular weight is 321 g/mol. The van der Waals surface area contributed by atoms with Gasteiger partial charge in [-0.3, -0.25) is 4.79 Å². The Bertz CT molecular complexity index is 560. The van der Waals surface area contributed by atoms with Gasteiger partial charge in [-0.25, -0.2) is 4.98 Å². The summed E-state index contributed by atoms with van der Waals surface area (Å²) in [5.74, 6) is 0.789. The first-order valence-electron chi connectivity index (χ1n) is 7.01. The minimum absolute atomic E-state index is 0. The van der Waals surface area contributed by atoms with Crippen molar-refractivity contribution in [2.45, 2.75) is 13.0 Å². The van der Waals surface area contributed by atoms with E-state index >= 15 is 0 Å². The standard InChI is InChI=1S/C16H20N4O.ClH/c17-12-13-5-7-14(8-6-13)16(21)20-11-3-10-19-15-4-1-2-9-18-15;/h1-2,4-9H,3,10-12,17H2,(H,18,19)(H,20,21);1H. The summed E-state index contributed by atoms with van der Waals surface area (Å²) >= 11 is 0. The van der Waals surface area contributed by atoms with Crippen LogP contribution in [0.5, 0.6) is 0 Å². The van der Waals surface area contributed by atoms with E-state index in [1.165, 1.54) is 0 Å². The van der Waals surface area contributed by atoms with Crippen LogP contribution in [0.15, 0.2) is 48.7 Å². The molecule has 0 saturated heterocycles. The van der Waals surface area contributed by atoms with Crippen molar-refractivity contribution >= 4 is 24.1 Å². The summed E-state index contributed by atoms with van der Waals surface area (Å²) in [4.78, 5) is 16.1. The van der Waals surface area contributed by atoms with E-state index in [4.69, 9.17) is 5.73 Å². The number of amides is 1. The van der Waals surface area contributed by atoms with Crippen molar-refractivity contribution in [1.29, 1.82) is 0 Å². The first kappa shape index (κ1) is 17.9. The van der Waals surface area contributed by atoms with Gasteiger partial charge in [0.05, 0.1) is 0 Å². The van der Waals surface area contributed by atoms with Gasteiger partial charge in [-0.15, -0.1) is 12.4 Å². The highest BCUT2D eigenvalue weighted by atomic mass is 35.5. The summed E-state index contributed by atoms with van der Waals surface area (Å²) < 4.78 is 0. The highest BCUT2D eigenvalue weighted by Crippen LogP contribution is 2.03. The molecule has 6 heteroatoms. The number of carbonyl (C=O) groups excluding carboxylic acids is 1. The number of nitrogens with one attached hydrogen (secondary N) is 2. The maximum absolute atomic E-state index is 11.9. The number of carbonyl (C=O) groups is 1. The third-order valence-corrected chi connectivity index (χ3v) is 3.06. The maximum Gasteiger partial charge on any atom is 0.251 e. The number of halogens is 1. The molecule has 1 aromatic carbocycles. The van der Waals surface area contributed by atoms with Gasteiger partial charge in [-0.05, 0) is 36.2 Å². The highest BCUT2D eigenvalue weighted by molar-refractivity contribution is 5.94. The van der Waals surface area contributed by atoms with Crippen LogP contribution in [-0.4, -0.2) is 24.0 Å². The van der Waals surface area contributed by atoms with Gasteiger partial charge in [0.1, 0.15) is 5.82 Å². The molecule has 0 aliphatic heterocycles. The van der Waals surface area contributed by atoms with Gasteiger partial charge in [0, 0.05) is 31.4 Å². The number of hydrogen-bond acceptors (Lipinski definition) is 4. The normalized spacial score (nSPS) is 9.68. The van der Waals surface area contributed by atoms with E-state index in [0.717, 1.165) is 24.3 Å². The molecule has 1 amide bonds. The molecule has 0 aliphatic rings. The molecule has 0 saturated carbocycles. The van der Waals surface area contributed by atoms with Gasteiger partial charge in [0.25, 0.3) is 5.91 Å². The maximum atomic E-state index is 11.9. The summed E-state index contributed by atoms with van der Waals surface area (Å²) in [6, 6.07) is 13.1. The van der Waals surface area contributed by atoms with Crippen molar-refractivity contribution in [1.82, 2.24) is 10.3 Å². The third-order valence-electron chi connectivity index (χ3n) is 3.06. The largest absolute Gasteiger partial charge is 0.370 e. The molecule has 0 spiro atoms. The lowest BCUT2D eigenvalue weighted by Gasteiger charge is -2.07. The van der Waals surface area contributed by atoms with Crippen molar-refractivity contribution in [2.75, 3.05) is 18.4 Å². The van der Waals surface area contributed by atoms with E-state index in [1.54, 1.807) is 18.3 Å². The molecule has 4 N–H and O–H groups in total. The summed E-state index contributed by atoms with van der Waals surface area (Å²) in [6.07, 6.45) is 2.58. The number of aromatic nitrogens is 1. The molecule has 2 aromatic rings.